The van der Waals surface area contributed by atoms with Gasteiger partial charge in [-0.1, -0.05) is 6.07 Å². The fraction of sp³-hybridized carbons (Fsp3) is 0.381. The number of nitrogens with zero attached hydrogens (tertiary/aromatic N) is 1. The Balaban J connectivity index is 1.35. The number of fused-ring (bicyclic) bond motifs is 1. The first-order valence-electron chi connectivity index (χ1n) is 9.45. The van der Waals surface area contributed by atoms with Crippen LogP contribution < -0.4 is 19.5 Å². The lowest BCUT2D eigenvalue weighted by Crippen LogP contribution is -2.39. The molecule has 28 heavy (non-hydrogen) atoms. The molecular weight excluding hydrogens is 363 g/mol. The Bertz CT molecular complexity index is 782. The number of hydrogen-bond donors (Lipinski definition) is 1. The average Bonchev–Trinajstić information content (AvgIpc) is 3.17. The van der Waals surface area contributed by atoms with E-state index in [9.17, 15) is 9.18 Å². The van der Waals surface area contributed by atoms with E-state index < -0.39 is 0 Å². The van der Waals surface area contributed by atoms with E-state index in [0.717, 1.165) is 29.9 Å². The second kappa shape index (κ2) is 9.82. The van der Waals surface area contributed by atoms with Gasteiger partial charge < -0.3 is 24.4 Å². The first-order chi connectivity index (χ1) is 13.7. The standard InChI is InChI=1S/C21H25FN2O4/c1-2-24(14-16-5-10-19-20(13-16)28-15-27-19)21(25)23-11-3-4-12-26-18-8-6-17(22)7-9-18/h5-10,13H,2-4,11-12,14-15H2,1H3,(H,23,25). The minimum absolute atomic E-state index is 0.0976. The zero-order chi connectivity index (χ0) is 19.8. The summed E-state index contributed by atoms with van der Waals surface area (Å²) in [5.74, 6) is 1.82. The summed E-state index contributed by atoms with van der Waals surface area (Å²) in [5, 5.41) is 2.94. The molecule has 2 aromatic rings. The van der Waals surface area contributed by atoms with Crippen molar-refractivity contribution in [1.82, 2.24) is 10.2 Å². The molecule has 0 saturated heterocycles. The Morgan fingerprint density at radius 1 is 1.14 bits per heavy atom. The van der Waals surface area contributed by atoms with Crippen LogP contribution in [-0.4, -0.2) is 37.4 Å². The lowest BCUT2D eigenvalue weighted by Gasteiger charge is -2.21. The minimum atomic E-state index is -0.281. The van der Waals surface area contributed by atoms with E-state index in [4.69, 9.17) is 14.2 Å². The number of halogens is 1. The number of unbranched alkanes of at least 4 members (excludes halogenated alkanes) is 1. The first-order valence-corrected chi connectivity index (χ1v) is 9.45. The number of carbonyl (C=O) groups excluding carboxylic acids is 1. The van der Waals surface area contributed by atoms with Gasteiger partial charge in [0.2, 0.25) is 6.79 Å². The number of nitrogens with one attached hydrogen (secondary N) is 1. The number of carbonyl (C=O) groups is 1. The highest BCUT2D eigenvalue weighted by atomic mass is 19.1. The van der Waals surface area contributed by atoms with Crippen molar-refractivity contribution in [2.45, 2.75) is 26.3 Å². The second-order valence-corrected chi connectivity index (χ2v) is 6.44. The SMILES string of the molecule is CCN(Cc1ccc2c(c1)OCO2)C(=O)NCCCCOc1ccc(F)cc1. The number of amides is 2. The van der Waals surface area contributed by atoms with Crippen molar-refractivity contribution in [2.75, 3.05) is 26.5 Å². The summed E-state index contributed by atoms with van der Waals surface area (Å²) in [6.45, 7) is 4.39. The third-order valence-corrected chi connectivity index (χ3v) is 4.41. The third-order valence-electron chi connectivity index (χ3n) is 4.41. The van der Waals surface area contributed by atoms with Crippen molar-refractivity contribution in [3.05, 3.63) is 53.8 Å². The number of ether oxygens (including phenoxy) is 3. The molecule has 2 aromatic carbocycles. The van der Waals surface area contributed by atoms with Gasteiger partial charge in [0, 0.05) is 19.6 Å². The van der Waals surface area contributed by atoms with Crippen LogP contribution in [0.2, 0.25) is 0 Å². The van der Waals surface area contributed by atoms with E-state index in [1.807, 2.05) is 25.1 Å². The molecule has 150 valence electrons. The van der Waals surface area contributed by atoms with Crippen molar-refractivity contribution < 1.29 is 23.4 Å². The van der Waals surface area contributed by atoms with Gasteiger partial charge in [-0.15, -0.1) is 0 Å². The predicted octanol–water partition coefficient (Wildman–Crippen LogP) is 3.95. The molecule has 3 rings (SSSR count). The summed E-state index contributed by atoms with van der Waals surface area (Å²) in [4.78, 5) is 14.1. The fourth-order valence-electron chi connectivity index (χ4n) is 2.84. The van der Waals surface area contributed by atoms with E-state index in [1.54, 1.807) is 17.0 Å². The van der Waals surface area contributed by atoms with Gasteiger partial charge in [0.1, 0.15) is 11.6 Å². The van der Waals surface area contributed by atoms with Crippen LogP contribution in [0.3, 0.4) is 0 Å². The summed E-state index contributed by atoms with van der Waals surface area (Å²) < 4.78 is 29.1. The molecule has 1 aliphatic rings. The van der Waals surface area contributed by atoms with Gasteiger partial charge >= 0.3 is 6.03 Å². The summed E-state index contributed by atoms with van der Waals surface area (Å²) in [6.07, 6.45) is 1.60. The third kappa shape index (κ3) is 5.52. The molecule has 1 N–H and O–H groups in total. The Morgan fingerprint density at radius 3 is 2.71 bits per heavy atom. The zero-order valence-corrected chi connectivity index (χ0v) is 15.9. The van der Waals surface area contributed by atoms with Crippen molar-refractivity contribution in [1.29, 1.82) is 0 Å². The van der Waals surface area contributed by atoms with E-state index in [2.05, 4.69) is 5.32 Å². The van der Waals surface area contributed by atoms with Crippen LogP contribution in [-0.2, 0) is 6.54 Å². The van der Waals surface area contributed by atoms with Crippen LogP contribution in [0.25, 0.3) is 0 Å². The maximum absolute atomic E-state index is 12.8. The smallest absolute Gasteiger partial charge is 0.317 e. The van der Waals surface area contributed by atoms with E-state index in [1.165, 1.54) is 12.1 Å². The molecule has 1 aliphatic heterocycles. The van der Waals surface area contributed by atoms with Gasteiger partial charge in [0.05, 0.1) is 6.61 Å². The quantitative estimate of drug-likeness (QED) is 0.661. The first kappa shape index (κ1) is 19.8. The number of urea groups is 1. The maximum Gasteiger partial charge on any atom is 0.317 e. The van der Waals surface area contributed by atoms with Crippen LogP contribution in [0.4, 0.5) is 9.18 Å². The molecule has 0 aromatic heterocycles. The average molecular weight is 388 g/mol. The molecule has 0 fully saturated rings. The number of benzene rings is 2. The predicted molar refractivity (Wildman–Crippen MR) is 103 cm³/mol. The lowest BCUT2D eigenvalue weighted by molar-refractivity contribution is 0.173. The highest BCUT2D eigenvalue weighted by Gasteiger charge is 2.16. The minimum Gasteiger partial charge on any atom is -0.494 e. The highest BCUT2D eigenvalue weighted by Crippen LogP contribution is 2.32. The lowest BCUT2D eigenvalue weighted by atomic mass is 10.2. The van der Waals surface area contributed by atoms with Gasteiger partial charge in [-0.2, -0.15) is 0 Å². The molecule has 2 amide bonds. The van der Waals surface area contributed by atoms with Crippen molar-refractivity contribution >= 4 is 6.03 Å². The van der Waals surface area contributed by atoms with Crippen molar-refractivity contribution in [2.24, 2.45) is 0 Å². The Hall–Kier alpha value is -2.96. The van der Waals surface area contributed by atoms with Crippen molar-refractivity contribution in [3.63, 3.8) is 0 Å². The zero-order valence-electron chi connectivity index (χ0n) is 15.9. The molecule has 6 nitrogen and oxygen atoms in total. The fourth-order valence-corrected chi connectivity index (χ4v) is 2.84. The van der Waals surface area contributed by atoms with Crippen LogP contribution in [0.1, 0.15) is 25.3 Å². The molecule has 1 heterocycles. The van der Waals surface area contributed by atoms with E-state index >= 15 is 0 Å². The van der Waals surface area contributed by atoms with Crippen LogP contribution in [0.5, 0.6) is 17.2 Å². The van der Waals surface area contributed by atoms with Gasteiger partial charge in [0.25, 0.3) is 0 Å². The molecule has 0 unspecified atom stereocenters. The highest BCUT2D eigenvalue weighted by molar-refractivity contribution is 5.74. The largest absolute Gasteiger partial charge is 0.494 e. The molecule has 0 saturated carbocycles. The van der Waals surface area contributed by atoms with Gasteiger partial charge in [-0.3, -0.25) is 0 Å². The molecule has 0 spiro atoms. The van der Waals surface area contributed by atoms with Gasteiger partial charge in [-0.05, 0) is 61.7 Å². The Labute approximate surface area is 164 Å². The molecule has 0 radical (unpaired) electrons. The van der Waals surface area contributed by atoms with E-state index in [-0.39, 0.29) is 18.6 Å². The Kier molecular flexibility index (Phi) is 6.94. The molecule has 0 bridgehead atoms. The molecule has 0 atom stereocenters. The van der Waals surface area contributed by atoms with Crippen LogP contribution in [0.15, 0.2) is 42.5 Å². The van der Waals surface area contributed by atoms with Crippen LogP contribution in [0, 0.1) is 5.82 Å². The topological polar surface area (TPSA) is 60.0 Å². The van der Waals surface area contributed by atoms with Crippen molar-refractivity contribution in [3.8, 4) is 17.2 Å². The van der Waals surface area contributed by atoms with Gasteiger partial charge in [-0.25, -0.2) is 9.18 Å². The summed E-state index contributed by atoms with van der Waals surface area (Å²) in [6, 6.07) is 11.6. The summed E-state index contributed by atoms with van der Waals surface area (Å²) in [7, 11) is 0. The maximum atomic E-state index is 12.8. The molecule has 7 heteroatoms. The Morgan fingerprint density at radius 2 is 1.93 bits per heavy atom. The van der Waals surface area contributed by atoms with Crippen LogP contribution >= 0.6 is 0 Å². The number of hydrogen-bond acceptors (Lipinski definition) is 4. The molecular formula is C21H25FN2O4. The summed E-state index contributed by atoms with van der Waals surface area (Å²) in [5.41, 5.74) is 0.994. The molecule has 0 aliphatic carbocycles. The normalized spacial score (nSPS) is 11.9. The number of rotatable bonds is 9. The monoisotopic (exact) mass is 388 g/mol. The second-order valence-electron chi connectivity index (χ2n) is 6.44. The summed E-state index contributed by atoms with van der Waals surface area (Å²) >= 11 is 0. The van der Waals surface area contributed by atoms with Gasteiger partial charge in [0.15, 0.2) is 11.5 Å². The van der Waals surface area contributed by atoms with E-state index in [0.29, 0.717) is 32.0 Å².